The summed E-state index contributed by atoms with van der Waals surface area (Å²) in [6, 6.07) is 0. The van der Waals surface area contributed by atoms with Crippen LogP contribution in [0, 0.1) is 17.8 Å². The lowest BCUT2D eigenvalue weighted by atomic mass is 10.0. The predicted molar refractivity (Wildman–Crippen MR) is 58.1 cm³/mol. The Hall–Kier alpha value is -1.21. The van der Waals surface area contributed by atoms with Crippen LogP contribution in [0.5, 0.6) is 0 Å². The van der Waals surface area contributed by atoms with E-state index >= 15 is 0 Å². The Kier molecular flexibility index (Phi) is 3.59. The molecule has 84 valence electrons. The van der Waals surface area contributed by atoms with Crippen molar-refractivity contribution in [3.63, 3.8) is 0 Å². The van der Waals surface area contributed by atoms with Gasteiger partial charge >= 0.3 is 6.09 Å². The second-order valence-corrected chi connectivity index (χ2v) is 4.61. The number of ether oxygens (including phenoxy) is 1. The molecule has 1 rings (SSSR count). The molecule has 0 spiro atoms. The molecule has 0 aliphatic carbocycles. The number of nitrogens with zero attached hydrogens (tertiary/aromatic N) is 1. The first-order valence-corrected chi connectivity index (χ1v) is 5.09. The van der Waals surface area contributed by atoms with Crippen molar-refractivity contribution in [2.75, 3.05) is 19.6 Å². The van der Waals surface area contributed by atoms with E-state index in [1.165, 1.54) is 0 Å². The van der Waals surface area contributed by atoms with Gasteiger partial charge in [-0.1, -0.05) is 11.8 Å². The molecule has 2 N–H and O–H groups in total. The van der Waals surface area contributed by atoms with Crippen LogP contribution in [-0.2, 0) is 4.74 Å². The highest BCUT2D eigenvalue weighted by molar-refractivity contribution is 5.69. The largest absolute Gasteiger partial charge is 0.444 e. The fraction of sp³-hybridized carbons (Fsp3) is 0.727. The van der Waals surface area contributed by atoms with Gasteiger partial charge in [-0.2, -0.15) is 0 Å². The van der Waals surface area contributed by atoms with Crippen molar-refractivity contribution in [1.29, 1.82) is 0 Å². The van der Waals surface area contributed by atoms with E-state index in [2.05, 4.69) is 11.8 Å². The summed E-state index contributed by atoms with van der Waals surface area (Å²) in [5, 5.41) is 0. The van der Waals surface area contributed by atoms with Crippen LogP contribution in [-0.4, -0.2) is 36.2 Å². The Morgan fingerprint density at radius 3 is 2.60 bits per heavy atom. The molecule has 1 saturated heterocycles. The molecule has 1 aliphatic heterocycles. The van der Waals surface area contributed by atoms with Crippen molar-refractivity contribution in [3.05, 3.63) is 0 Å². The van der Waals surface area contributed by atoms with Crippen molar-refractivity contribution >= 4 is 6.09 Å². The Morgan fingerprint density at radius 2 is 2.13 bits per heavy atom. The smallest absolute Gasteiger partial charge is 0.410 e. The van der Waals surface area contributed by atoms with Gasteiger partial charge in [0.15, 0.2) is 0 Å². The van der Waals surface area contributed by atoms with E-state index in [-0.39, 0.29) is 12.0 Å². The number of nitrogens with two attached hydrogens (primary N) is 1. The van der Waals surface area contributed by atoms with Gasteiger partial charge < -0.3 is 15.4 Å². The summed E-state index contributed by atoms with van der Waals surface area (Å²) in [7, 11) is 0. The van der Waals surface area contributed by atoms with Gasteiger partial charge in [-0.15, -0.1) is 0 Å². The molecule has 0 saturated carbocycles. The summed E-state index contributed by atoms with van der Waals surface area (Å²) >= 11 is 0. The molecule has 4 nitrogen and oxygen atoms in total. The lowest BCUT2D eigenvalue weighted by Gasteiger charge is -2.37. The number of rotatable bonds is 0. The van der Waals surface area contributed by atoms with Gasteiger partial charge in [-0.05, 0) is 20.8 Å². The third-order valence-electron chi connectivity index (χ3n) is 1.94. The SMILES string of the molecule is CC(C)(C)OC(=O)N1CC(C#CCN)C1. The standard InChI is InChI=1S/C11H18N2O2/c1-11(2,3)15-10(14)13-7-9(8-13)5-4-6-12/h9H,6-8,12H2,1-3H3. The second kappa shape index (κ2) is 4.54. The van der Waals surface area contributed by atoms with Crippen LogP contribution in [0.3, 0.4) is 0 Å². The summed E-state index contributed by atoms with van der Waals surface area (Å²) < 4.78 is 5.21. The molecule has 15 heavy (non-hydrogen) atoms. The molecule has 0 aromatic rings. The van der Waals surface area contributed by atoms with Crippen molar-refractivity contribution in [2.45, 2.75) is 26.4 Å². The quantitative estimate of drug-likeness (QED) is 0.602. The molecule has 1 amide bonds. The zero-order valence-corrected chi connectivity index (χ0v) is 9.54. The highest BCUT2D eigenvalue weighted by atomic mass is 16.6. The summed E-state index contributed by atoms with van der Waals surface area (Å²) in [5.74, 6) is 6.06. The van der Waals surface area contributed by atoms with Crippen molar-refractivity contribution in [1.82, 2.24) is 4.90 Å². The van der Waals surface area contributed by atoms with Crippen LogP contribution in [0.25, 0.3) is 0 Å². The van der Waals surface area contributed by atoms with Crippen LogP contribution in [0.4, 0.5) is 4.79 Å². The Bertz CT molecular complexity index is 290. The van der Waals surface area contributed by atoms with Crippen LogP contribution in [0.2, 0.25) is 0 Å². The minimum atomic E-state index is -0.425. The maximum atomic E-state index is 11.5. The number of hydrogen-bond donors (Lipinski definition) is 1. The number of likely N-dealkylation sites (tertiary alicyclic amines) is 1. The Morgan fingerprint density at radius 1 is 1.53 bits per heavy atom. The highest BCUT2D eigenvalue weighted by Crippen LogP contribution is 2.18. The van der Waals surface area contributed by atoms with Crippen molar-refractivity contribution in [3.8, 4) is 11.8 Å². The van der Waals surface area contributed by atoms with Gasteiger partial charge in [-0.25, -0.2) is 4.79 Å². The topological polar surface area (TPSA) is 55.6 Å². The number of amides is 1. The van der Waals surface area contributed by atoms with Crippen LogP contribution in [0.1, 0.15) is 20.8 Å². The van der Waals surface area contributed by atoms with E-state index < -0.39 is 5.60 Å². The second-order valence-electron chi connectivity index (χ2n) is 4.61. The van der Waals surface area contributed by atoms with Crippen LogP contribution >= 0.6 is 0 Å². The molecule has 0 unspecified atom stereocenters. The Balaban J connectivity index is 2.30. The minimum absolute atomic E-state index is 0.256. The third kappa shape index (κ3) is 3.80. The van der Waals surface area contributed by atoms with Gasteiger partial charge in [0.25, 0.3) is 0 Å². The average molecular weight is 210 g/mol. The molecule has 4 heteroatoms. The van der Waals surface area contributed by atoms with Gasteiger partial charge in [0.2, 0.25) is 0 Å². The molecule has 1 heterocycles. The zero-order valence-electron chi connectivity index (χ0n) is 9.54. The maximum Gasteiger partial charge on any atom is 0.410 e. The average Bonchev–Trinajstić information content (AvgIpc) is 1.98. The van der Waals surface area contributed by atoms with Crippen molar-refractivity contribution < 1.29 is 9.53 Å². The fourth-order valence-corrected chi connectivity index (χ4v) is 1.25. The van der Waals surface area contributed by atoms with Crippen molar-refractivity contribution in [2.24, 2.45) is 11.7 Å². The Labute approximate surface area is 90.8 Å². The summed E-state index contributed by atoms with van der Waals surface area (Å²) in [6.07, 6.45) is -0.256. The van der Waals surface area contributed by atoms with E-state index in [0.717, 1.165) is 0 Å². The normalized spacial score (nSPS) is 16.4. The van der Waals surface area contributed by atoms with E-state index in [9.17, 15) is 4.79 Å². The van der Waals surface area contributed by atoms with Gasteiger partial charge in [0, 0.05) is 13.1 Å². The molecule has 0 atom stereocenters. The minimum Gasteiger partial charge on any atom is -0.444 e. The lowest BCUT2D eigenvalue weighted by molar-refractivity contribution is 0.00591. The highest BCUT2D eigenvalue weighted by Gasteiger charge is 2.32. The molecule has 0 aromatic carbocycles. The van der Waals surface area contributed by atoms with E-state index in [1.807, 2.05) is 20.8 Å². The van der Waals surface area contributed by atoms with Crippen LogP contribution in [0.15, 0.2) is 0 Å². The molecule has 1 fully saturated rings. The first-order chi connectivity index (χ1) is 6.92. The first-order valence-electron chi connectivity index (χ1n) is 5.09. The van der Waals surface area contributed by atoms with Crippen LogP contribution < -0.4 is 5.73 Å². The molecule has 0 radical (unpaired) electrons. The van der Waals surface area contributed by atoms with E-state index in [1.54, 1.807) is 4.90 Å². The zero-order chi connectivity index (χ0) is 11.5. The first kappa shape index (κ1) is 11.9. The fourth-order valence-electron chi connectivity index (χ4n) is 1.25. The molecule has 0 bridgehead atoms. The van der Waals surface area contributed by atoms with Gasteiger partial charge in [-0.3, -0.25) is 0 Å². The summed E-state index contributed by atoms with van der Waals surface area (Å²) in [4.78, 5) is 13.1. The molecular weight excluding hydrogens is 192 g/mol. The van der Waals surface area contributed by atoms with E-state index in [4.69, 9.17) is 10.5 Å². The molecule has 1 aliphatic rings. The van der Waals surface area contributed by atoms with E-state index in [0.29, 0.717) is 19.6 Å². The summed E-state index contributed by atoms with van der Waals surface area (Å²) in [6.45, 7) is 7.26. The summed E-state index contributed by atoms with van der Waals surface area (Å²) in [5.41, 5.74) is 4.83. The third-order valence-corrected chi connectivity index (χ3v) is 1.94. The number of carbonyl (C=O) groups excluding carboxylic acids is 1. The van der Waals surface area contributed by atoms with Gasteiger partial charge in [0.05, 0.1) is 12.5 Å². The maximum absolute atomic E-state index is 11.5. The van der Waals surface area contributed by atoms with Gasteiger partial charge in [0.1, 0.15) is 5.60 Å². The number of hydrogen-bond acceptors (Lipinski definition) is 3. The lowest BCUT2D eigenvalue weighted by Crippen LogP contribution is -2.51. The monoisotopic (exact) mass is 210 g/mol. The molecular formula is C11H18N2O2. The molecule has 0 aromatic heterocycles. The number of carbonyl (C=O) groups is 1. The predicted octanol–water partition coefficient (Wildman–Crippen LogP) is 0.815.